The van der Waals surface area contributed by atoms with Crippen LogP contribution in [0.2, 0.25) is 5.02 Å². The highest BCUT2D eigenvalue weighted by molar-refractivity contribution is 6.52. The fourth-order valence-corrected chi connectivity index (χ4v) is 2.47. The van der Waals surface area contributed by atoms with Crippen LogP contribution >= 0.6 is 11.6 Å². The molecule has 1 aliphatic heterocycles. The van der Waals surface area contributed by atoms with Crippen molar-refractivity contribution in [2.45, 2.75) is 13.5 Å². The molecule has 4 heteroatoms. The van der Waals surface area contributed by atoms with E-state index in [2.05, 4.69) is 0 Å². The number of carbonyl (C=O) groups is 2. The third-order valence-electron chi connectivity index (χ3n) is 3.38. The number of Topliss-reactive ketones (excluding diaryl/α,β-unsaturated/α-hetero) is 1. The normalized spacial score (nSPS) is 13.8. The molecular weight excluding hydrogens is 274 g/mol. The Morgan fingerprint density at radius 1 is 1.05 bits per heavy atom. The summed E-state index contributed by atoms with van der Waals surface area (Å²) in [6.07, 6.45) is 0. The Morgan fingerprint density at radius 2 is 1.75 bits per heavy atom. The van der Waals surface area contributed by atoms with Gasteiger partial charge in [-0.15, -0.1) is 0 Å². The summed E-state index contributed by atoms with van der Waals surface area (Å²) in [5.74, 6) is -0.904. The molecule has 1 aliphatic rings. The number of aryl methyl sites for hydroxylation is 1. The van der Waals surface area contributed by atoms with Crippen molar-refractivity contribution in [2.24, 2.45) is 0 Å². The fraction of sp³-hybridized carbons (Fsp3) is 0.125. The number of halogens is 1. The predicted molar refractivity (Wildman–Crippen MR) is 78.2 cm³/mol. The maximum Gasteiger partial charge on any atom is 0.299 e. The van der Waals surface area contributed by atoms with Crippen molar-refractivity contribution in [2.75, 3.05) is 4.90 Å². The summed E-state index contributed by atoms with van der Waals surface area (Å²) >= 11 is 5.84. The van der Waals surface area contributed by atoms with Gasteiger partial charge in [-0.25, -0.2) is 0 Å². The molecule has 0 spiro atoms. The summed E-state index contributed by atoms with van der Waals surface area (Å²) in [4.78, 5) is 25.6. The second kappa shape index (κ2) is 4.76. The Morgan fingerprint density at radius 3 is 2.45 bits per heavy atom. The van der Waals surface area contributed by atoms with Gasteiger partial charge >= 0.3 is 0 Å². The zero-order valence-electron chi connectivity index (χ0n) is 10.9. The maximum absolute atomic E-state index is 12.1. The lowest BCUT2D eigenvalue weighted by Crippen LogP contribution is -2.29. The average molecular weight is 286 g/mol. The number of hydrogen-bond donors (Lipinski definition) is 0. The first-order chi connectivity index (χ1) is 9.56. The van der Waals surface area contributed by atoms with Crippen molar-refractivity contribution < 1.29 is 9.59 Å². The topological polar surface area (TPSA) is 37.4 Å². The minimum absolute atomic E-state index is 0.373. The van der Waals surface area contributed by atoms with Gasteiger partial charge in [-0.1, -0.05) is 35.4 Å². The third kappa shape index (κ3) is 2.10. The molecule has 0 unspecified atom stereocenters. The van der Waals surface area contributed by atoms with Crippen molar-refractivity contribution in [1.29, 1.82) is 0 Å². The molecule has 0 fully saturated rings. The van der Waals surface area contributed by atoms with Crippen LogP contribution in [0.5, 0.6) is 0 Å². The lowest BCUT2D eigenvalue weighted by molar-refractivity contribution is -0.114. The summed E-state index contributed by atoms with van der Waals surface area (Å²) in [7, 11) is 0. The Bertz CT molecular complexity index is 707. The molecule has 0 N–H and O–H groups in total. The Balaban J connectivity index is 1.97. The van der Waals surface area contributed by atoms with Crippen LogP contribution < -0.4 is 4.90 Å². The summed E-state index contributed by atoms with van der Waals surface area (Å²) in [5.41, 5.74) is 3.08. The maximum atomic E-state index is 12.1. The Hall–Kier alpha value is -2.13. The van der Waals surface area contributed by atoms with Gasteiger partial charge in [0.25, 0.3) is 11.7 Å². The Kier molecular flexibility index (Phi) is 3.07. The molecule has 0 saturated heterocycles. The minimum Gasteiger partial charge on any atom is -0.300 e. The lowest BCUT2D eigenvalue weighted by atomic mass is 10.1. The summed E-state index contributed by atoms with van der Waals surface area (Å²) in [5, 5.41) is 0.647. The monoisotopic (exact) mass is 285 g/mol. The highest BCUT2D eigenvalue weighted by Crippen LogP contribution is 2.31. The van der Waals surface area contributed by atoms with E-state index in [-0.39, 0.29) is 0 Å². The molecule has 100 valence electrons. The molecule has 2 aromatic rings. The van der Waals surface area contributed by atoms with E-state index < -0.39 is 11.7 Å². The second-order valence-corrected chi connectivity index (χ2v) is 5.30. The number of ketones is 1. The van der Waals surface area contributed by atoms with Gasteiger partial charge in [0, 0.05) is 5.02 Å². The highest BCUT2D eigenvalue weighted by Gasteiger charge is 2.35. The van der Waals surface area contributed by atoms with E-state index in [9.17, 15) is 9.59 Å². The second-order valence-electron chi connectivity index (χ2n) is 4.87. The quantitative estimate of drug-likeness (QED) is 0.793. The summed E-state index contributed by atoms with van der Waals surface area (Å²) in [6, 6.07) is 12.7. The van der Waals surface area contributed by atoms with Crippen LogP contribution in [0, 0.1) is 6.92 Å². The van der Waals surface area contributed by atoms with Gasteiger partial charge in [0.1, 0.15) is 0 Å². The highest BCUT2D eigenvalue weighted by atomic mass is 35.5. The van der Waals surface area contributed by atoms with Crippen LogP contribution in [0.25, 0.3) is 0 Å². The standard InChI is InChI=1S/C16H12ClNO2/c1-10-2-7-14-13(8-10)15(19)16(20)18(14)9-11-3-5-12(17)6-4-11/h2-8H,9H2,1H3. The van der Waals surface area contributed by atoms with E-state index in [0.717, 1.165) is 11.1 Å². The van der Waals surface area contributed by atoms with Gasteiger partial charge in [0.15, 0.2) is 0 Å². The van der Waals surface area contributed by atoms with Gasteiger partial charge < -0.3 is 4.90 Å². The molecule has 0 aromatic heterocycles. The van der Waals surface area contributed by atoms with Crippen LogP contribution in [0.3, 0.4) is 0 Å². The van der Waals surface area contributed by atoms with Crippen molar-refractivity contribution in [3.05, 3.63) is 64.2 Å². The van der Waals surface area contributed by atoms with Crippen molar-refractivity contribution >= 4 is 29.0 Å². The zero-order valence-corrected chi connectivity index (χ0v) is 11.6. The van der Waals surface area contributed by atoms with E-state index in [1.165, 1.54) is 4.90 Å². The molecule has 3 rings (SSSR count). The molecule has 3 nitrogen and oxygen atoms in total. The first-order valence-electron chi connectivity index (χ1n) is 6.27. The van der Waals surface area contributed by atoms with E-state index in [1.807, 2.05) is 31.2 Å². The molecular formula is C16H12ClNO2. The largest absolute Gasteiger partial charge is 0.300 e. The van der Waals surface area contributed by atoms with Crippen LogP contribution in [-0.4, -0.2) is 11.7 Å². The fourth-order valence-electron chi connectivity index (χ4n) is 2.34. The van der Waals surface area contributed by atoms with Gasteiger partial charge in [0.05, 0.1) is 17.8 Å². The lowest BCUT2D eigenvalue weighted by Gasteiger charge is -2.16. The first kappa shape index (κ1) is 12.9. The molecule has 1 amide bonds. The molecule has 0 saturated carbocycles. The molecule has 20 heavy (non-hydrogen) atoms. The smallest absolute Gasteiger partial charge is 0.299 e. The van der Waals surface area contributed by atoms with Gasteiger partial charge in [-0.3, -0.25) is 9.59 Å². The van der Waals surface area contributed by atoms with E-state index in [0.29, 0.717) is 22.8 Å². The van der Waals surface area contributed by atoms with Crippen LogP contribution in [0.4, 0.5) is 5.69 Å². The number of hydrogen-bond acceptors (Lipinski definition) is 2. The molecule has 0 bridgehead atoms. The summed E-state index contributed by atoms with van der Waals surface area (Å²) < 4.78 is 0. The average Bonchev–Trinajstić information content (AvgIpc) is 2.66. The molecule has 2 aromatic carbocycles. The summed E-state index contributed by atoms with van der Waals surface area (Å²) in [6.45, 7) is 2.28. The number of rotatable bonds is 2. The number of amides is 1. The van der Waals surface area contributed by atoms with Gasteiger partial charge in [-0.2, -0.15) is 0 Å². The number of benzene rings is 2. The number of carbonyl (C=O) groups excluding carboxylic acids is 2. The van der Waals surface area contributed by atoms with E-state index in [1.54, 1.807) is 18.2 Å². The van der Waals surface area contributed by atoms with Crippen LogP contribution in [0.15, 0.2) is 42.5 Å². The minimum atomic E-state index is -0.472. The van der Waals surface area contributed by atoms with Crippen LogP contribution in [0.1, 0.15) is 21.5 Å². The molecule has 0 aliphatic carbocycles. The Labute approximate surface area is 121 Å². The van der Waals surface area contributed by atoms with E-state index in [4.69, 9.17) is 11.6 Å². The van der Waals surface area contributed by atoms with Crippen molar-refractivity contribution in [3.63, 3.8) is 0 Å². The molecule has 0 radical (unpaired) electrons. The predicted octanol–water partition coefficient (Wildman–Crippen LogP) is 3.38. The third-order valence-corrected chi connectivity index (χ3v) is 3.63. The molecule has 0 atom stereocenters. The first-order valence-corrected chi connectivity index (χ1v) is 6.65. The van der Waals surface area contributed by atoms with Crippen molar-refractivity contribution in [1.82, 2.24) is 0 Å². The number of nitrogens with zero attached hydrogens (tertiary/aromatic N) is 1. The van der Waals surface area contributed by atoms with Crippen molar-refractivity contribution in [3.8, 4) is 0 Å². The van der Waals surface area contributed by atoms with E-state index >= 15 is 0 Å². The van der Waals surface area contributed by atoms with Gasteiger partial charge in [0.2, 0.25) is 0 Å². The number of anilines is 1. The SMILES string of the molecule is Cc1ccc2c(c1)C(=O)C(=O)N2Cc1ccc(Cl)cc1. The number of fused-ring (bicyclic) bond motifs is 1. The van der Waals surface area contributed by atoms with Gasteiger partial charge in [-0.05, 0) is 36.8 Å². The molecule has 1 heterocycles. The zero-order chi connectivity index (χ0) is 14.3. The van der Waals surface area contributed by atoms with Crippen LogP contribution in [-0.2, 0) is 11.3 Å².